The Labute approximate surface area is 158 Å². The van der Waals surface area contributed by atoms with Gasteiger partial charge in [-0.25, -0.2) is 0 Å². The van der Waals surface area contributed by atoms with Gasteiger partial charge in [-0.15, -0.1) is 0 Å². The van der Waals surface area contributed by atoms with Crippen LogP contribution in [0.4, 0.5) is 0 Å². The summed E-state index contributed by atoms with van der Waals surface area (Å²) in [5.41, 5.74) is 2.17. The summed E-state index contributed by atoms with van der Waals surface area (Å²) in [6.07, 6.45) is 0.681. The van der Waals surface area contributed by atoms with Gasteiger partial charge in [-0.1, -0.05) is 65.8 Å². The molecule has 26 heavy (non-hydrogen) atoms. The van der Waals surface area contributed by atoms with Crippen LogP contribution < -0.4 is 16.0 Å². The van der Waals surface area contributed by atoms with Crippen molar-refractivity contribution in [3.63, 3.8) is 0 Å². The second-order valence-electron chi connectivity index (χ2n) is 7.76. The molecule has 0 aromatic heterocycles. The predicted octanol–water partition coefficient (Wildman–Crippen LogP) is 2.44. The van der Waals surface area contributed by atoms with E-state index in [2.05, 4.69) is 29.8 Å². The van der Waals surface area contributed by atoms with E-state index >= 15 is 0 Å². The van der Waals surface area contributed by atoms with Gasteiger partial charge < -0.3 is 16.0 Å². The fourth-order valence-corrected chi connectivity index (χ4v) is 2.64. The molecule has 5 nitrogen and oxygen atoms in total. The normalized spacial score (nSPS) is 12.7. The summed E-state index contributed by atoms with van der Waals surface area (Å²) in [7, 11) is 0. The van der Waals surface area contributed by atoms with Crippen LogP contribution >= 0.6 is 0 Å². The number of carbonyl (C=O) groups excluding carboxylic acids is 2. The molecule has 0 fully saturated rings. The van der Waals surface area contributed by atoms with Crippen molar-refractivity contribution >= 4 is 11.7 Å². The van der Waals surface area contributed by atoms with Crippen LogP contribution in [-0.4, -0.2) is 36.4 Å². The lowest BCUT2D eigenvalue weighted by atomic mass is 9.95. The molecule has 0 saturated carbocycles. The van der Waals surface area contributed by atoms with Crippen LogP contribution in [0.2, 0.25) is 0 Å². The predicted molar refractivity (Wildman–Crippen MR) is 107 cm³/mol. The number of Topliss-reactive ketones (excluding diaryl/α,β-unsaturated/α-hetero) is 1. The summed E-state index contributed by atoms with van der Waals surface area (Å²) in [5, 5.41) is 9.38. The molecule has 0 aliphatic rings. The number of carbonyl (C=O) groups is 2. The Morgan fingerprint density at radius 1 is 0.885 bits per heavy atom. The fraction of sp³-hybridized carbons (Fsp3) is 0.619. The molecule has 1 unspecified atom stereocenters. The molecule has 0 aliphatic carbocycles. The van der Waals surface area contributed by atoms with Crippen LogP contribution in [0.5, 0.6) is 0 Å². The highest BCUT2D eigenvalue weighted by molar-refractivity contribution is 5.86. The number of nitrogens with one attached hydrogen (secondary N) is 3. The molecule has 0 spiro atoms. The Morgan fingerprint density at radius 2 is 1.46 bits per heavy atom. The van der Waals surface area contributed by atoms with Gasteiger partial charge in [0.1, 0.15) is 0 Å². The second kappa shape index (κ2) is 11.1. The number of ketones is 1. The van der Waals surface area contributed by atoms with Gasteiger partial charge in [0.05, 0.1) is 12.6 Å². The van der Waals surface area contributed by atoms with Crippen molar-refractivity contribution in [3.05, 3.63) is 35.4 Å². The molecule has 0 saturated heterocycles. The Kier molecular flexibility index (Phi) is 9.52. The highest BCUT2D eigenvalue weighted by Gasteiger charge is 2.22. The maximum Gasteiger partial charge on any atom is 0.234 e. The molecular weight excluding hydrogens is 326 g/mol. The van der Waals surface area contributed by atoms with E-state index in [9.17, 15) is 9.59 Å². The maximum atomic E-state index is 12.4. The molecule has 0 heterocycles. The third-order valence-corrected chi connectivity index (χ3v) is 4.07. The van der Waals surface area contributed by atoms with E-state index in [0.29, 0.717) is 25.6 Å². The minimum absolute atomic E-state index is 0.00787. The summed E-state index contributed by atoms with van der Waals surface area (Å²) in [5.74, 6) is 0.249. The van der Waals surface area contributed by atoms with Gasteiger partial charge in [0.25, 0.3) is 0 Å². The second-order valence-corrected chi connectivity index (χ2v) is 7.76. The first-order chi connectivity index (χ1) is 12.2. The molecule has 146 valence electrons. The lowest BCUT2D eigenvalue weighted by Gasteiger charge is -2.22. The van der Waals surface area contributed by atoms with Gasteiger partial charge in [0.15, 0.2) is 5.78 Å². The van der Waals surface area contributed by atoms with E-state index in [0.717, 1.165) is 11.1 Å². The van der Waals surface area contributed by atoms with Crippen molar-refractivity contribution in [1.29, 1.82) is 0 Å². The van der Waals surface area contributed by atoms with Crippen LogP contribution in [0.1, 0.15) is 52.7 Å². The van der Waals surface area contributed by atoms with Gasteiger partial charge in [-0.05, 0) is 17.5 Å². The van der Waals surface area contributed by atoms with Crippen molar-refractivity contribution in [2.24, 2.45) is 5.92 Å². The summed E-state index contributed by atoms with van der Waals surface area (Å²) < 4.78 is 0. The van der Waals surface area contributed by atoms with E-state index in [1.165, 1.54) is 0 Å². The van der Waals surface area contributed by atoms with Crippen LogP contribution in [-0.2, 0) is 22.6 Å². The number of amides is 1. The fourth-order valence-electron chi connectivity index (χ4n) is 2.64. The van der Waals surface area contributed by atoms with E-state index < -0.39 is 0 Å². The number of hydrogen-bond donors (Lipinski definition) is 3. The van der Waals surface area contributed by atoms with Gasteiger partial charge >= 0.3 is 0 Å². The number of rotatable bonds is 11. The zero-order chi connectivity index (χ0) is 19.7. The Morgan fingerprint density at radius 3 is 1.96 bits per heavy atom. The molecule has 1 aromatic rings. The molecule has 0 bridgehead atoms. The topological polar surface area (TPSA) is 70.2 Å². The average Bonchev–Trinajstić information content (AvgIpc) is 2.57. The number of benzene rings is 1. The van der Waals surface area contributed by atoms with Crippen molar-refractivity contribution in [2.75, 3.05) is 6.54 Å². The summed E-state index contributed by atoms with van der Waals surface area (Å²) in [6, 6.07) is 8.49. The van der Waals surface area contributed by atoms with E-state index in [-0.39, 0.29) is 29.7 Å². The zero-order valence-electron chi connectivity index (χ0n) is 17.1. The molecule has 5 heteroatoms. The molecule has 1 aromatic carbocycles. The Bertz CT molecular complexity index is 565. The van der Waals surface area contributed by atoms with Gasteiger partial charge in [-0.2, -0.15) is 0 Å². The first-order valence-corrected chi connectivity index (χ1v) is 9.56. The lowest BCUT2D eigenvalue weighted by Crippen LogP contribution is -2.44. The minimum atomic E-state index is -0.164. The standard InChI is InChI=1S/C21H35N3O2/c1-14(2)21(26)19(24-16(5)6)11-17-7-9-18(10-8-17)12-23-20(25)13-22-15(3)4/h7-10,14-16,19,22,24H,11-13H2,1-6H3,(H,23,25). The summed E-state index contributed by atoms with van der Waals surface area (Å²) in [4.78, 5) is 24.2. The maximum absolute atomic E-state index is 12.4. The molecule has 0 aliphatic heterocycles. The number of hydrogen-bond acceptors (Lipinski definition) is 4. The summed E-state index contributed by atoms with van der Waals surface area (Å²) >= 11 is 0. The van der Waals surface area contributed by atoms with Gasteiger partial charge in [0, 0.05) is 24.5 Å². The Hall–Kier alpha value is -1.72. The summed E-state index contributed by atoms with van der Waals surface area (Å²) in [6.45, 7) is 12.9. The van der Waals surface area contributed by atoms with Crippen molar-refractivity contribution < 1.29 is 9.59 Å². The molecule has 1 amide bonds. The van der Waals surface area contributed by atoms with E-state index in [1.54, 1.807) is 0 Å². The SMILES string of the molecule is CC(C)NCC(=O)NCc1ccc(CC(NC(C)C)C(=O)C(C)C)cc1. The minimum Gasteiger partial charge on any atom is -0.351 e. The molecule has 1 atom stereocenters. The Balaban J connectivity index is 2.59. The van der Waals surface area contributed by atoms with Crippen LogP contribution in [0.15, 0.2) is 24.3 Å². The van der Waals surface area contributed by atoms with E-state index in [4.69, 9.17) is 0 Å². The molecule has 3 N–H and O–H groups in total. The third-order valence-electron chi connectivity index (χ3n) is 4.07. The first-order valence-electron chi connectivity index (χ1n) is 9.56. The third kappa shape index (κ3) is 8.59. The van der Waals surface area contributed by atoms with Crippen LogP contribution in [0.3, 0.4) is 0 Å². The average molecular weight is 362 g/mol. The van der Waals surface area contributed by atoms with Crippen molar-refractivity contribution in [1.82, 2.24) is 16.0 Å². The smallest absolute Gasteiger partial charge is 0.234 e. The quantitative estimate of drug-likeness (QED) is 0.566. The van der Waals surface area contributed by atoms with Crippen LogP contribution in [0, 0.1) is 5.92 Å². The lowest BCUT2D eigenvalue weighted by molar-refractivity contribution is -0.124. The van der Waals surface area contributed by atoms with E-state index in [1.807, 2.05) is 52.0 Å². The van der Waals surface area contributed by atoms with Crippen molar-refractivity contribution in [3.8, 4) is 0 Å². The molecule has 1 rings (SSSR count). The monoisotopic (exact) mass is 361 g/mol. The van der Waals surface area contributed by atoms with Gasteiger partial charge in [0.2, 0.25) is 5.91 Å². The van der Waals surface area contributed by atoms with Crippen molar-refractivity contribution in [2.45, 2.75) is 72.6 Å². The zero-order valence-corrected chi connectivity index (χ0v) is 17.1. The first kappa shape index (κ1) is 22.3. The van der Waals surface area contributed by atoms with Crippen LogP contribution in [0.25, 0.3) is 0 Å². The van der Waals surface area contributed by atoms with Gasteiger partial charge in [-0.3, -0.25) is 9.59 Å². The molecular formula is C21H35N3O2. The molecule has 0 radical (unpaired) electrons. The highest BCUT2D eigenvalue weighted by atomic mass is 16.2. The largest absolute Gasteiger partial charge is 0.351 e. The highest BCUT2D eigenvalue weighted by Crippen LogP contribution is 2.11.